The van der Waals surface area contributed by atoms with Gasteiger partial charge in [-0.3, -0.25) is 14.5 Å². The maximum Gasteiger partial charge on any atom is 0.248 e. The number of aliphatic hydroxyl groups excluding tert-OH is 2. The fourth-order valence-corrected chi connectivity index (χ4v) is 6.76. The van der Waals surface area contributed by atoms with Gasteiger partial charge in [-0.1, -0.05) is 30.3 Å². The molecule has 9 nitrogen and oxygen atoms in total. The Hall–Kier alpha value is -3.66. The van der Waals surface area contributed by atoms with Gasteiger partial charge in [0.25, 0.3) is 0 Å². The van der Waals surface area contributed by atoms with Crippen molar-refractivity contribution >= 4 is 11.7 Å². The number of nitrogens with zero attached hydrogens (tertiary/aromatic N) is 2. The third kappa shape index (κ3) is 4.21. The van der Waals surface area contributed by atoms with Gasteiger partial charge in [0.2, 0.25) is 5.91 Å². The number of Topliss-reactive ketones (excluding diaryl/α,β-unsaturated/α-hetero) is 1. The van der Waals surface area contributed by atoms with Crippen molar-refractivity contribution in [1.29, 1.82) is 0 Å². The van der Waals surface area contributed by atoms with E-state index in [1.165, 1.54) is 6.07 Å². The highest BCUT2D eigenvalue weighted by Crippen LogP contribution is 2.54. The lowest BCUT2D eigenvalue weighted by Gasteiger charge is -2.51. The Bertz CT molecular complexity index is 1420. The number of hydrogen-bond acceptors (Lipinski definition) is 8. The summed E-state index contributed by atoms with van der Waals surface area (Å²) in [7, 11) is 7.41. The number of likely N-dealkylation sites (N-methyl/N-ethyl adjacent to an activating group) is 1. The number of phenolic OH excluding ortho intramolecular Hbond substituents is 1. The number of phenols is 1. The van der Waals surface area contributed by atoms with Gasteiger partial charge < -0.3 is 31.1 Å². The number of aliphatic hydroxyl groups is 3. The van der Waals surface area contributed by atoms with Crippen LogP contribution < -0.4 is 5.73 Å². The van der Waals surface area contributed by atoms with Crippen LogP contribution in [0.25, 0.3) is 11.1 Å². The number of fused-ring (bicyclic) bond motifs is 3. The number of benzene rings is 2. The largest absolute Gasteiger partial charge is 0.510 e. The lowest BCUT2D eigenvalue weighted by Crippen LogP contribution is -2.59. The first-order chi connectivity index (χ1) is 18.3. The molecule has 5 rings (SSSR count). The smallest absolute Gasteiger partial charge is 0.248 e. The Labute approximate surface area is 227 Å². The molecule has 0 aliphatic heterocycles. The average Bonchev–Trinajstić information content (AvgIpc) is 2.85. The van der Waals surface area contributed by atoms with E-state index < -0.39 is 47.3 Å². The number of nitrogens with two attached hydrogens (primary N) is 1. The Morgan fingerprint density at radius 2 is 1.72 bits per heavy atom. The van der Waals surface area contributed by atoms with E-state index in [0.29, 0.717) is 12.0 Å². The number of carbonyl (C=O) groups excluding carboxylic acids is 2. The maximum absolute atomic E-state index is 13.9. The first-order valence-corrected chi connectivity index (χ1v) is 13.0. The topological polar surface area (TPSA) is 148 Å². The van der Waals surface area contributed by atoms with E-state index in [4.69, 9.17) is 5.73 Å². The van der Waals surface area contributed by atoms with Crippen LogP contribution in [-0.2, 0) is 17.8 Å². The minimum absolute atomic E-state index is 0.0396. The van der Waals surface area contributed by atoms with Crippen LogP contribution in [0.5, 0.6) is 5.75 Å². The molecule has 4 atom stereocenters. The molecule has 3 aliphatic rings. The maximum atomic E-state index is 13.9. The SMILES string of the molecule is CN(C)Cc1ccc(-c2ccc(O)c3c2CC2CC4C(N(C)C)C(O)=C(C(N)=O)CC4(O)C(O)=C2C3=O)cc1. The van der Waals surface area contributed by atoms with Crippen LogP contribution in [0.4, 0.5) is 0 Å². The summed E-state index contributed by atoms with van der Waals surface area (Å²) in [5.41, 5.74) is 7.05. The van der Waals surface area contributed by atoms with Gasteiger partial charge in [0.15, 0.2) is 5.78 Å². The molecule has 6 N–H and O–H groups in total. The fourth-order valence-electron chi connectivity index (χ4n) is 6.76. The Balaban J connectivity index is 1.63. The van der Waals surface area contributed by atoms with Crippen LogP contribution >= 0.6 is 0 Å². The molecule has 9 heteroatoms. The Kier molecular flexibility index (Phi) is 6.57. The highest BCUT2D eigenvalue weighted by Gasteiger charge is 2.58. The van der Waals surface area contributed by atoms with Crippen LogP contribution in [0.15, 0.2) is 59.1 Å². The zero-order chi connectivity index (χ0) is 28.4. The van der Waals surface area contributed by atoms with Crippen LogP contribution in [0.2, 0.25) is 0 Å². The van der Waals surface area contributed by atoms with E-state index in [2.05, 4.69) is 4.90 Å². The van der Waals surface area contributed by atoms with E-state index in [9.17, 15) is 30.0 Å². The van der Waals surface area contributed by atoms with Gasteiger partial charge in [-0.2, -0.15) is 0 Å². The number of rotatable bonds is 5. The molecule has 0 radical (unpaired) electrons. The molecule has 3 aliphatic carbocycles. The molecule has 0 saturated carbocycles. The third-order valence-electron chi connectivity index (χ3n) is 8.47. The van der Waals surface area contributed by atoms with Crippen LogP contribution in [0, 0.1) is 11.8 Å². The number of amides is 1. The second-order valence-corrected chi connectivity index (χ2v) is 11.5. The molecule has 4 unspecified atom stereocenters. The summed E-state index contributed by atoms with van der Waals surface area (Å²) in [5, 5.41) is 45.0. The van der Waals surface area contributed by atoms with E-state index in [0.717, 1.165) is 23.2 Å². The number of hydrogen-bond donors (Lipinski definition) is 5. The van der Waals surface area contributed by atoms with E-state index >= 15 is 0 Å². The molecule has 2 aromatic rings. The highest BCUT2D eigenvalue weighted by atomic mass is 16.3. The molecule has 2 aromatic carbocycles. The van der Waals surface area contributed by atoms with Crippen molar-refractivity contribution in [2.24, 2.45) is 17.6 Å². The van der Waals surface area contributed by atoms with Crippen LogP contribution in [0.3, 0.4) is 0 Å². The Morgan fingerprint density at radius 1 is 1.05 bits per heavy atom. The van der Waals surface area contributed by atoms with Gasteiger partial charge in [0.05, 0.1) is 17.2 Å². The molecule has 0 bridgehead atoms. The second-order valence-electron chi connectivity index (χ2n) is 11.5. The summed E-state index contributed by atoms with van der Waals surface area (Å²) >= 11 is 0. The first-order valence-electron chi connectivity index (χ1n) is 13.0. The van der Waals surface area contributed by atoms with Gasteiger partial charge in [-0.25, -0.2) is 0 Å². The predicted octanol–water partition coefficient (Wildman–Crippen LogP) is 2.67. The van der Waals surface area contributed by atoms with Crippen molar-refractivity contribution in [2.45, 2.75) is 37.5 Å². The summed E-state index contributed by atoms with van der Waals surface area (Å²) < 4.78 is 0. The quantitative estimate of drug-likeness (QED) is 0.394. The lowest BCUT2D eigenvalue weighted by atomic mass is 9.59. The van der Waals surface area contributed by atoms with Gasteiger partial charge in [0.1, 0.15) is 22.9 Å². The van der Waals surface area contributed by atoms with E-state index in [-0.39, 0.29) is 34.6 Å². The Morgan fingerprint density at radius 3 is 2.31 bits per heavy atom. The normalized spacial score (nSPS) is 26.5. The number of aromatic hydroxyl groups is 1. The molecule has 0 aromatic heterocycles. The van der Waals surface area contributed by atoms with Gasteiger partial charge in [0, 0.05) is 24.5 Å². The number of allylic oxidation sites excluding steroid dienone is 1. The average molecular weight is 534 g/mol. The molecule has 206 valence electrons. The monoisotopic (exact) mass is 533 g/mol. The predicted molar refractivity (Wildman–Crippen MR) is 146 cm³/mol. The van der Waals surface area contributed by atoms with Crippen molar-refractivity contribution in [1.82, 2.24) is 9.80 Å². The van der Waals surface area contributed by atoms with E-state index in [1.54, 1.807) is 25.1 Å². The first kappa shape index (κ1) is 26.9. The molecule has 0 fully saturated rings. The van der Waals surface area contributed by atoms with Gasteiger partial charge in [-0.05, 0) is 75.3 Å². The van der Waals surface area contributed by atoms with Crippen molar-refractivity contribution < 1.29 is 30.0 Å². The zero-order valence-corrected chi connectivity index (χ0v) is 22.6. The number of ketones is 1. The molecule has 39 heavy (non-hydrogen) atoms. The summed E-state index contributed by atoms with van der Waals surface area (Å²) in [5.74, 6) is -3.55. The lowest BCUT2D eigenvalue weighted by molar-refractivity contribution is -0.118. The second kappa shape index (κ2) is 9.51. The standard InChI is InChI=1S/C30H35N3O6/c1-32(2)14-15-5-7-16(8-6-15)18-9-10-22(34)24-19(18)11-17-12-21-25(33(3)4)26(35)20(29(31)38)13-30(21,39)28(37)23(17)27(24)36/h5-10,17,21,25,34-35,37,39H,11-14H2,1-4H3,(H2,31,38). The molecule has 0 saturated heterocycles. The fraction of sp³-hybridized carbons (Fsp3) is 0.400. The summed E-state index contributed by atoms with van der Waals surface area (Å²) in [6.45, 7) is 0.790. The molecular weight excluding hydrogens is 498 g/mol. The van der Waals surface area contributed by atoms with E-state index in [1.807, 2.05) is 38.4 Å². The molecule has 0 heterocycles. The van der Waals surface area contributed by atoms with Crippen molar-refractivity contribution in [2.75, 3.05) is 28.2 Å². The van der Waals surface area contributed by atoms with Crippen molar-refractivity contribution in [3.05, 3.63) is 75.8 Å². The minimum atomic E-state index is -1.97. The van der Waals surface area contributed by atoms with Crippen LogP contribution in [-0.4, -0.2) is 81.7 Å². The molecule has 1 amide bonds. The van der Waals surface area contributed by atoms with Gasteiger partial charge in [-0.15, -0.1) is 0 Å². The summed E-state index contributed by atoms with van der Waals surface area (Å²) in [6.07, 6.45) is 0.219. The minimum Gasteiger partial charge on any atom is -0.510 e. The highest BCUT2D eigenvalue weighted by molar-refractivity contribution is 6.14. The van der Waals surface area contributed by atoms with Gasteiger partial charge >= 0.3 is 0 Å². The summed E-state index contributed by atoms with van der Waals surface area (Å²) in [6, 6.07) is 10.5. The molecular formula is C30H35N3O6. The summed E-state index contributed by atoms with van der Waals surface area (Å²) in [4.78, 5) is 29.8. The van der Waals surface area contributed by atoms with Crippen LogP contribution in [0.1, 0.15) is 34.3 Å². The number of primary amides is 1. The molecule has 0 spiro atoms. The van der Waals surface area contributed by atoms with Crippen molar-refractivity contribution in [3.8, 4) is 16.9 Å². The number of carbonyl (C=O) groups is 2. The zero-order valence-electron chi connectivity index (χ0n) is 22.6. The van der Waals surface area contributed by atoms with Crippen molar-refractivity contribution in [3.63, 3.8) is 0 Å². The third-order valence-corrected chi connectivity index (χ3v) is 8.47.